The van der Waals surface area contributed by atoms with E-state index < -0.39 is 0 Å². The second-order valence-electron chi connectivity index (χ2n) is 8.14. The van der Waals surface area contributed by atoms with Gasteiger partial charge in [-0.05, 0) is 43.8 Å². The molecular weight excluding hydrogens is 372 g/mol. The number of thioether (sulfide) groups is 1. The Labute approximate surface area is 170 Å². The number of morpholine rings is 1. The Morgan fingerprint density at radius 1 is 1.14 bits per heavy atom. The summed E-state index contributed by atoms with van der Waals surface area (Å²) in [6.07, 6.45) is 7.60. The molecule has 0 bridgehead atoms. The van der Waals surface area contributed by atoms with Gasteiger partial charge in [-0.15, -0.1) is 11.8 Å². The van der Waals surface area contributed by atoms with E-state index >= 15 is 0 Å². The van der Waals surface area contributed by atoms with Crippen LogP contribution in [0.5, 0.6) is 0 Å². The van der Waals surface area contributed by atoms with Gasteiger partial charge in [0.25, 0.3) is 0 Å². The van der Waals surface area contributed by atoms with Crippen molar-refractivity contribution in [2.75, 3.05) is 57.2 Å². The first-order valence-corrected chi connectivity index (χ1v) is 11.5. The molecule has 3 aliphatic heterocycles. The summed E-state index contributed by atoms with van der Waals surface area (Å²) in [5.74, 6) is 1.02. The van der Waals surface area contributed by atoms with Crippen molar-refractivity contribution in [2.24, 2.45) is 0 Å². The molecule has 0 amide bonds. The minimum absolute atomic E-state index is 0.0891. The lowest BCUT2D eigenvalue weighted by Crippen LogP contribution is -2.68. The number of anilines is 1. The van der Waals surface area contributed by atoms with Gasteiger partial charge in [0.1, 0.15) is 12.1 Å². The van der Waals surface area contributed by atoms with Crippen LogP contribution >= 0.6 is 11.8 Å². The maximum absolute atomic E-state index is 6.13. The summed E-state index contributed by atoms with van der Waals surface area (Å²) in [6, 6.07) is 6.97. The van der Waals surface area contributed by atoms with Crippen LogP contribution in [0.15, 0.2) is 29.4 Å². The Morgan fingerprint density at radius 3 is 3.00 bits per heavy atom. The van der Waals surface area contributed by atoms with Crippen LogP contribution in [0.3, 0.4) is 0 Å². The number of piperidine rings is 1. The molecule has 3 aliphatic rings. The van der Waals surface area contributed by atoms with Gasteiger partial charge in [0.2, 0.25) is 0 Å². The van der Waals surface area contributed by atoms with Crippen LogP contribution in [-0.4, -0.2) is 78.8 Å². The minimum Gasteiger partial charge on any atom is -0.378 e. The lowest BCUT2D eigenvalue weighted by Gasteiger charge is -2.53. The molecule has 7 heteroatoms. The monoisotopic (exact) mass is 400 g/mol. The highest BCUT2D eigenvalue weighted by atomic mass is 32.2. The van der Waals surface area contributed by atoms with Crippen molar-refractivity contribution < 1.29 is 9.47 Å². The molecule has 0 N–H and O–H groups in total. The molecule has 2 aromatic rings. The smallest absolute Gasteiger partial charge is 0.140 e. The zero-order valence-electron chi connectivity index (χ0n) is 16.5. The summed E-state index contributed by atoms with van der Waals surface area (Å²) in [5, 5.41) is 1.12. The Balaban J connectivity index is 1.53. The van der Waals surface area contributed by atoms with Crippen molar-refractivity contribution in [3.8, 4) is 0 Å². The van der Waals surface area contributed by atoms with Crippen molar-refractivity contribution in [3.63, 3.8) is 0 Å². The molecule has 0 unspecified atom stereocenters. The number of aromatic nitrogens is 2. The van der Waals surface area contributed by atoms with E-state index in [1.807, 2.05) is 0 Å². The third kappa shape index (κ3) is 3.28. The first kappa shape index (κ1) is 18.6. The van der Waals surface area contributed by atoms with Crippen molar-refractivity contribution in [1.82, 2.24) is 14.9 Å². The standard InChI is InChI=1S/C21H28N4O2S/c1-28-17-5-6-19-18(10-17)20(23-15-22-19)24-8-9-26-13-21(12-24)14-27-11-16-4-2-3-7-25(16)21/h5-6,10,15-16H,2-4,7-9,11-14H2,1H3/t16-,21+/m1/s1. The summed E-state index contributed by atoms with van der Waals surface area (Å²) in [6.45, 7) is 5.92. The van der Waals surface area contributed by atoms with Crippen molar-refractivity contribution in [1.29, 1.82) is 0 Å². The maximum atomic E-state index is 6.13. The van der Waals surface area contributed by atoms with Gasteiger partial charge in [-0.25, -0.2) is 9.97 Å². The van der Waals surface area contributed by atoms with Gasteiger partial charge < -0.3 is 14.4 Å². The molecule has 3 fully saturated rings. The number of hydrogen-bond donors (Lipinski definition) is 0. The molecule has 150 valence electrons. The molecule has 0 radical (unpaired) electrons. The largest absolute Gasteiger partial charge is 0.378 e. The van der Waals surface area contributed by atoms with E-state index in [0.29, 0.717) is 12.6 Å². The summed E-state index contributed by atoms with van der Waals surface area (Å²) < 4.78 is 12.2. The van der Waals surface area contributed by atoms with Crippen LogP contribution in [0, 0.1) is 0 Å². The van der Waals surface area contributed by atoms with Gasteiger partial charge in [-0.2, -0.15) is 0 Å². The molecule has 28 heavy (non-hydrogen) atoms. The molecule has 3 saturated heterocycles. The lowest BCUT2D eigenvalue weighted by molar-refractivity contribution is -0.134. The van der Waals surface area contributed by atoms with Crippen LogP contribution in [0.4, 0.5) is 5.82 Å². The molecule has 0 saturated carbocycles. The fourth-order valence-electron chi connectivity index (χ4n) is 5.03. The average Bonchev–Trinajstić information content (AvgIpc) is 2.96. The third-order valence-electron chi connectivity index (χ3n) is 6.40. The summed E-state index contributed by atoms with van der Waals surface area (Å²) in [5.41, 5.74) is 0.909. The van der Waals surface area contributed by atoms with Crippen molar-refractivity contribution in [2.45, 2.75) is 35.7 Å². The Hall–Kier alpha value is -1.41. The summed E-state index contributed by atoms with van der Waals surface area (Å²) in [7, 11) is 0. The maximum Gasteiger partial charge on any atom is 0.140 e. The molecule has 1 aromatic heterocycles. The van der Waals surface area contributed by atoms with Crippen LogP contribution < -0.4 is 4.90 Å². The van der Waals surface area contributed by atoms with E-state index in [-0.39, 0.29) is 5.54 Å². The topological polar surface area (TPSA) is 50.7 Å². The number of rotatable bonds is 2. The van der Waals surface area contributed by atoms with E-state index in [2.05, 4.69) is 39.2 Å². The zero-order chi connectivity index (χ0) is 19.0. The lowest BCUT2D eigenvalue weighted by atomic mass is 9.89. The highest BCUT2D eigenvalue weighted by molar-refractivity contribution is 7.98. The third-order valence-corrected chi connectivity index (χ3v) is 7.13. The van der Waals surface area contributed by atoms with Crippen LogP contribution in [0.25, 0.3) is 10.9 Å². The fraction of sp³-hybridized carbons (Fsp3) is 0.619. The van der Waals surface area contributed by atoms with Crippen LogP contribution in [0.2, 0.25) is 0 Å². The molecule has 0 aliphatic carbocycles. The SMILES string of the molecule is CSc1ccc2ncnc(N3CCOC[C@]4(COC[C@H]5CCCCN54)C3)c2c1. The van der Waals surface area contributed by atoms with Crippen LogP contribution in [0.1, 0.15) is 19.3 Å². The Morgan fingerprint density at radius 2 is 2.07 bits per heavy atom. The first-order valence-electron chi connectivity index (χ1n) is 10.2. The highest BCUT2D eigenvalue weighted by Crippen LogP contribution is 2.35. The highest BCUT2D eigenvalue weighted by Gasteiger charge is 2.47. The second kappa shape index (κ2) is 7.78. The molecule has 1 spiro atoms. The van der Waals surface area contributed by atoms with Gasteiger partial charge in [0, 0.05) is 29.4 Å². The summed E-state index contributed by atoms with van der Waals surface area (Å²) >= 11 is 1.75. The second-order valence-corrected chi connectivity index (χ2v) is 9.02. The van der Waals surface area contributed by atoms with Gasteiger partial charge in [0.05, 0.1) is 37.5 Å². The van der Waals surface area contributed by atoms with E-state index in [1.54, 1.807) is 18.1 Å². The van der Waals surface area contributed by atoms with Gasteiger partial charge >= 0.3 is 0 Å². The normalized spacial score (nSPS) is 29.0. The van der Waals surface area contributed by atoms with Gasteiger partial charge in [0.15, 0.2) is 0 Å². The summed E-state index contributed by atoms with van der Waals surface area (Å²) in [4.78, 5) is 15.5. The minimum atomic E-state index is -0.0891. The number of nitrogens with zero attached hydrogens (tertiary/aromatic N) is 4. The predicted octanol–water partition coefficient (Wildman–Crippen LogP) is 2.81. The molecular formula is C21H28N4O2S. The van der Waals surface area contributed by atoms with E-state index in [4.69, 9.17) is 14.5 Å². The predicted molar refractivity (Wildman–Crippen MR) is 112 cm³/mol. The van der Waals surface area contributed by atoms with E-state index in [9.17, 15) is 0 Å². The fourth-order valence-corrected chi connectivity index (χ4v) is 5.47. The zero-order valence-corrected chi connectivity index (χ0v) is 17.3. The molecule has 5 rings (SSSR count). The van der Waals surface area contributed by atoms with Crippen LogP contribution in [-0.2, 0) is 9.47 Å². The quantitative estimate of drug-likeness (QED) is 0.719. The Kier molecular flexibility index (Phi) is 5.17. The number of fused-ring (bicyclic) bond motifs is 3. The van der Waals surface area contributed by atoms with Gasteiger partial charge in [-0.1, -0.05) is 6.42 Å². The van der Waals surface area contributed by atoms with E-state index in [1.165, 1.54) is 24.2 Å². The van der Waals surface area contributed by atoms with Crippen molar-refractivity contribution >= 4 is 28.5 Å². The van der Waals surface area contributed by atoms with E-state index in [0.717, 1.165) is 56.2 Å². The number of benzene rings is 1. The molecule has 6 nitrogen and oxygen atoms in total. The molecule has 4 heterocycles. The Bertz CT molecular complexity index is 848. The average molecular weight is 401 g/mol. The molecule has 2 atom stereocenters. The van der Waals surface area contributed by atoms with Gasteiger partial charge in [-0.3, -0.25) is 4.90 Å². The number of ether oxygens (including phenoxy) is 2. The first-order chi connectivity index (χ1) is 13.8. The molecule has 1 aromatic carbocycles. The van der Waals surface area contributed by atoms with Crippen molar-refractivity contribution in [3.05, 3.63) is 24.5 Å². The number of hydrogen-bond acceptors (Lipinski definition) is 7.